The number of hydrogen-bond donors (Lipinski definition) is 0. The van der Waals surface area contributed by atoms with Crippen molar-refractivity contribution in [2.75, 3.05) is 0 Å². The minimum absolute atomic E-state index is 0.0888. The van der Waals surface area contributed by atoms with Gasteiger partial charge in [0.25, 0.3) is 0 Å². The SMILES string of the molecule is O=C(C=Cc1ccccc1)N1C2CCC1c1cncnc1C2. The molecule has 1 fully saturated rings. The molecule has 0 aliphatic carbocycles. The second-order valence-corrected chi connectivity index (χ2v) is 5.87. The van der Waals surface area contributed by atoms with Crippen molar-refractivity contribution in [2.24, 2.45) is 0 Å². The van der Waals surface area contributed by atoms with Crippen molar-refractivity contribution in [2.45, 2.75) is 31.3 Å². The van der Waals surface area contributed by atoms with Crippen LogP contribution in [0.4, 0.5) is 0 Å². The van der Waals surface area contributed by atoms with Gasteiger partial charge in [0.2, 0.25) is 5.91 Å². The van der Waals surface area contributed by atoms with Crippen LogP contribution in [0.1, 0.15) is 35.7 Å². The molecule has 1 aromatic carbocycles. The molecular formula is C18H17N3O. The Morgan fingerprint density at radius 2 is 2.09 bits per heavy atom. The molecule has 0 N–H and O–H groups in total. The maximum atomic E-state index is 12.6. The highest BCUT2D eigenvalue weighted by Gasteiger charge is 2.42. The van der Waals surface area contributed by atoms with Crippen molar-refractivity contribution < 1.29 is 4.79 Å². The van der Waals surface area contributed by atoms with Crippen LogP contribution in [-0.4, -0.2) is 26.8 Å². The van der Waals surface area contributed by atoms with E-state index in [1.807, 2.05) is 47.5 Å². The quantitative estimate of drug-likeness (QED) is 0.799. The fourth-order valence-electron chi connectivity index (χ4n) is 3.58. The third-order valence-electron chi connectivity index (χ3n) is 4.59. The lowest BCUT2D eigenvalue weighted by molar-refractivity contribution is -0.129. The van der Waals surface area contributed by atoms with Gasteiger partial charge >= 0.3 is 0 Å². The molecule has 110 valence electrons. The molecule has 1 aromatic heterocycles. The summed E-state index contributed by atoms with van der Waals surface area (Å²) in [6.07, 6.45) is 9.95. The predicted octanol–water partition coefficient (Wildman–Crippen LogP) is 2.78. The molecule has 4 rings (SSSR count). The lowest BCUT2D eigenvalue weighted by atomic mass is 9.99. The standard InChI is InChI=1S/C18H17N3O/c22-18(9-6-13-4-2-1-3-5-13)21-14-7-8-17(21)15-11-19-12-20-16(15)10-14/h1-6,9,11-12,14,17H,7-8,10H2. The predicted molar refractivity (Wildman–Crippen MR) is 83.8 cm³/mol. The number of carbonyl (C=O) groups excluding carboxylic acids is 1. The van der Waals surface area contributed by atoms with Gasteiger partial charge in [0.1, 0.15) is 6.33 Å². The van der Waals surface area contributed by atoms with Gasteiger partial charge < -0.3 is 4.90 Å². The molecule has 2 aromatic rings. The van der Waals surface area contributed by atoms with Gasteiger partial charge in [0, 0.05) is 30.3 Å². The zero-order chi connectivity index (χ0) is 14.9. The summed E-state index contributed by atoms with van der Waals surface area (Å²) in [6.45, 7) is 0. The molecule has 1 saturated heterocycles. The molecule has 1 amide bonds. The molecule has 2 atom stereocenters. The largest absolute Gasteiger partial charge is 0.329 e. The molecule has 0 saturated carbocycles. The Kier molecular flexibility index (Phi) is 3.22. The normalized spacial score (nSPS) is 22.8. The van der Waals surface area contributed by atoms with Gasteiger partial charge in [-0.1, -0.05) is 30.3 Å². The Morgan fingerprint density at radius 3 is 2.95 bits per heavy atom. The first-order chi connectivity index (χ1) is 10.8. The summed E-state index contributed by atoms with van der Waals surface area (Å²) < 4.78 is 0. The number of amides is 1. The molecule has 0 spiro atoms. The number of nitrogens with zero attached hydrogens (tertiary/aromatic N) is 3. The minimum atomic E-state index is 0.0888. The number of carbonyl (C=O) groups is 1. The van der Waals surface area contributed by atoms with Crippen LogP contribution in [0.25, 0.3) is 6.08 Å². The van der Waals surface area contributed by atoms with Crippen LogP contribution in [0.15, 0.2) is 48.9 Å². The molecular weight excluding hydrogens is 274 g/mol. The van der Waals surface area contributed by atoms with Gasteiger partial charge in [-0.25, -0.2) is 9.97 Å². The van der Waals surface area contributed by atoms with Gasteiger partial charge in [-0.3, -0.25) is 4.79 Å². The van der Waals surface area contributed by atoms with E-state index >= 15 is 0 Å². The van der Waals surface area contributed by atoms with Crippen LogP contribution >= 0.6 is 0 Å². The molecule has 4 heteroatoms. The van der Waals surface area contributed by atoms with Gasteiger partial charge in [-0.15, -0.1) is 0 Å². The fraction of sp³-hybridized carbons (Fsp3) is 0.278. The Hall–Kier alpha value is -2.49. The van der Waals surface area contributed by atoms with Crippen LogP contribution < -0.4 is 0 Å². The summed E-state index contributed by atoms with van der Waals surface area (Å²) in [6, 6.07) is 10.3. The van der Waals surface area contributed by atoms with Crippen LogP contribution in [0, 0.1) is 0 Å². The van der Waals surface area contributed by atoms with Crippen LogP contribution in [0.5, 0.6) is 0 Å². The Morgan fingerprint density at radius 1 is 1.23 bits per heavy atom. The second kappa shape index (κ2) is 5.37. The molecule has 22 heavy (non-hydrogen) atoms. The average Bonchev–Trinajstić information content (AvgIpc) is 2.89. The summed E-state index contributed by atoms with van der Waals surface area (Å²) in [7, 11) is 0. The molecule has 4 nitrogen and oxygen atoms in total. The molecule has 3 heterocycles. The molecule has 2 aliphatic heterocycles. The Bertz CT molecular complexity index is 726. The zero-order valence-corrected chi connectivity index (χ0v) is 12.2. The van der Waals surface area contributed by atoms with E-state index < -0.39 is 0 Å². The van der Waals surface area contributed by atoms with Crippen molar-refractivity contribution in [3.63, 3.8) is 0 Å². The van der Waals surface area contributed by atoms with E-state index in [1.165, 1.54) is 0 Å². The van der Waals surface area contributed by atoms with E-state index in [0.717, 1.165) is 36.1 Å². The lowest BCUT2D eigenvalue weighted by Gasteiger charge is -2.34. The number of rotatable bonds is 2. The average molecular weight is 291 g/mol. The number of hydrogen-bond acceptors (Lipinski definition) is 3. The van der Waals surface area contributed by atoms with E-state index in [2.05, 4.69) is 9.97 Å². The molecule has 2 bridgehead atoms. The lowest BCUT2D eigenvalue weighted by Crippen LogP contribution is -2.41. The van der Waals surface area contributed by atoms with Gasteiger partial charge in [0.15, 0.2) is 0 Å². The van der Waals surface area contributed by atoms with Crippen LogP contribution in [-0.2, 0) is 11.2 Å². The van der Waals surface area contributed by atoms with Crippen molar-refractivity contribution >= 4 is 12.0 Å². The van der Waals surface area contributed by atoms with E-state index in [4.69, 9.17) is 0 Å². The Labute approximate surface area is 129 Å². The highest BCUT2D eigenvalue weighted by atomic mass is 16.2. The second-order valence-electron chi connectivity index (χ2n) is 5.87. The summed E-state index contributed by atoms with van der Waals surface area (Å²) in [5, 5.41) is 0. The van der Waals surface area contributed by atoms with E-state index in [-0.39, 0.29) is 18.0 Å². The van der Waals surface area contributed by atoms with Crippen molar-refractivity contribution in [3.8, 4) is 0 Å². The fourth-order valence-corrected chi connectivity index (χ4v) is 3.58. The number of aromatic nitrogens is 2. The van der Waals surface area contributed by atoms with Crippen molar-refractivity contribution in [1.29, 1.82) is 0 Å². The van der Waals surface area contributed by atoms with E-state index in [9.17, 15) is 4.79 Å². The Balaban J connectivity index is 1.59. The van der Waals surface area contributed by atoms with Gasteiger partial charge in [0.05, 0.1) is 11.7 Å². The molecule has 2 unspecified atom stereocenters. The van der Waals surface area contributed by atoms with Gasteiger partial charge in [-0.2, -0.15) is 0 Å². The topological polar surface area (TPSA) is 46.1 Å². The first-order valence-electron chi connectivity index (χ1n) is 7.67. The van der Waals surface area contributed by atoms with Crippen LogP contribution in [0.3, 0.4) is 0 Å². The maximum Gasteiger partial charge on any atom is 0.247 e. The summed E-state index contributed by atoms with van der Waals surface area (Å²) in [5.74, 6) is 0.0888. The highest BCUT2D eigenvalue weighted by molar-refractivity contribution is 5.92. The summed E-state index contributed by atoms with van der Waals surface area (Å²) in [5.41, 5.74) is 3.28. The number of benzene rings is 1. The van der Waals surface area contributed by atoms with Crippen molar-refractivity contribution in [3.05, 3.63) is 65.8 Å². The first kappa shape index (κ1) is 13.2. The smallest absolute Gasteiger partial charge is 0.247 e. The van der Waals surface area contributed by atoms with E-state index in [1.54, 1.807) is 12.4 Å². The molecule has 2 aliphatic rings. The van der Waals surface area contributed by atoms with Gasteiger partial charge in [-0.05, 0) is 24.5 Å². The van der Waals surface area contributed by atoms with Crippen molar-refractivity contribution in [1.82, 2.24) is 14.9 Å². The first-order valence-corrected chi connectivity index (χ1v) is 7.67. The number of fused-ring (bicyclic) bond motifs is 4. The summed E-state index contributed by atoms with van der Waals surface area (Å²) >= 11 is 0. The maximum absolute atomic E-state index is 12.6. The summed E-state index contributed by atoms with van der Waals surface area (Å²) in [4.78, 5) is 23.2. The monoisotopic (exact) mass is 291 g/mol. The van der Waals surface area contributed by atoms with E-state index in [0.29, 0.717) is 0 Å². The van der Waals surface area contributed by atoms with Crippen LogP contribution in [0.2, 0.25) is 0 Å². The molecule has 0 radical (unpaired) electrons. The zero-order valence-electron chi connectivity index (χ0n) is 12.2. The third-order valence-corrected chi connectivity index (χ3v) is 4.59. The third kappa shape index (κ3) is 2.21. The highest BCUT2D eigenvalue weighted by Crippen LogP contribution is 2.42. The minimum Gasteiger partial charge on any atom is -0.329 e.